The summed E-state index contributed by atoms with van der Waals surface area (Å²) in [6, 6.07) is 9.55. The van der Waals surface area contributed by atoms with E-state index in [4.69, 9.17) is 4.42 Å². The van der Waals surface area contributed by atoms with Crippen molar-refractivity contribution in [2.75, 3.05) is 19.6 Å². The molecule has 1 aromatic heterocycles. The van der Waals surface area contributed by atoms with E-state index >= 15 is 0 Å². The molecule has 1 saturated heterocycles. The third-order valence-corrected chi connectivity index (χ3v) is 7.28. The van der Waals surface area contributed by atoms with E-state index in [0.717, 1.165) is 57.5 Å². The van der Waals surface area contributed by atoms with Crippen LogP contribution in [0.3, 0.4) is 0 Å². The molecule has 4 rings (SSSR count). The van der Waals surface area contributed by atoms with Crippen LogP contribution < -0.4 is 4.72 Å². The molecule has 146 valence electrons. The molecular formula is C21H28N2O3S. The second-order valence-electron chi connectivity index (χ2n) is 7.79. The Bertz CT molecular complexity index is 854. The van der Waals surface area contributed by atoms with Crippen molar-refractivity contribution < 1.29 is 12.8 Å². The lowest BCUT2D eigenvalue weighted by Gasteiger charge is -2.31. The number of hydrogen-bond acceptors (Lipinski definition) is 4. The second-order valence-corrected chi connectivity index (χ2v) is 9.56. The minimum atomic E-state index is -3.43. The number of nitrogens with one attached hydrogen (secondary N) is 1. The van der Waals surface area contributed by atoms with Gasteiger partial charge in [0.15, 0.2) is 0 Å². The van der Waals surface area contributed by atoms with E-state index in [-0.39, 0.29) is 0 Å². The van der Waals surface area contributed by atoms with Crippen molar-refractivity contribution in [3.05, 3.63) is 53.5 Å². The van der Waals surface area contributed by atoms with Gasteiger partial charge in [-0.1, -0.05) is 6.07 Å². The molecule has 0 atom stereocenters. The molecule has 1 aliphatic heterocycles. The number of benzene rings is 1. The van der Waals surface area contributed by atoms with Crippen LogP contribution in [-0.2, 0) is 29.4 Å². The van der Waals surface area contributed by atoms with Crippen LogP contribution >= 0.6 is 0 Å². The van der Waals surface area contributed by atoms with E-state index in [1.54, 1.807) is 12.3 Å². The first-order valence-corrected chi connectivity index (χ1v) is 11.4. The van der Waals surface area contributed by atoms with Crippen LogP contribution in [0.2, 0.25) is 0 Å². The molecule has 1 fully saturated rings. The zero-order chi connectivity index (χ0) is 18.7. The fourth-order valence-electron chi connectivity index (χ4n) is 4.16. The van der Waals surface area contributed by atoms with Crippen LogP contribution in [-0.4, -0.2) is 33.0 Å². The van der Waals surface area contributed by atoms with Gasteiger partial charge in [0.2, 0.25) is 10.0 Å². The Balaban J connectivity index is 1.29. The molecule has 0 spiro atoms. The highest BCUT2D eigenvalue weighted by Gasteiger charge is 2.23. The fourth-order valence-corrected chi connectivity index (χ4v) is 5.33. The summed E-state index contributed by atoms with van der Waals surface area (Å²) in [6.45, 7) is 3.31. The van der Waals surface area contributed by atoms with Gasteiger partial charge in [-0.25, -0.2) is 13.1 Å². The number of piperidine rings is 1. The van der Waals surface area contributed by atoms with E-state index in [9.17, 15) is 8.42 Å². The molecule has 0 amide bonds. The highest BCUT2D eigenvalue weighted by molar-refractivity contribution is 7.89. The van der Waals surface area contributed by atoms with E-state index < -0.39 is 10.0 Å². The Morgan fingerprint density at radius 1 is 1.07 bits per heavy atom. The van der Waals surface area contributed by atoms with Crippen LogP contribution in [0, 0.1) is 5.92 Å². The number of likely N-dealkylation sites (tertiary alicyclic amines) is 1. The summed E-state index contributed by atoms with van der Waals surface area (Å²) in [6.07, 6.45) is 8.14. The summed E-state index contributed by atoms with van der Waals surface area (Å²) in [5, 5.41) is 0. The van der Waals surface area contributed by atoms with Crippen molar-refractivity contribution in [3.8, 4) is 0 Å². The number of rotatable bonds is 6. The van der Waals surface area contributed by atoms with Gasteiger partial charge in [-0.2, -0.15) is 0 Å². The predicted molar refractivity (Wildman–Crippen MR) is 105 cm³/mol. The molecule has 2 heterocycles. The summed E-state index contributed by atoms with van der Waals surface area (Å²) in [4.78, 5) is 2.78. The summed E-state index contributed by atoms with van der Waals surface area (Å²) in [5.41, 5.74) is 2.51. The molecule has 2 aliphatic rings. The summed E-state index contributed by atoms with van der Waals surface area (Å²) < 4.78 is 33.7. The molecule has 1 aliphatic carbocycles. The van der Waals surface area contributed by atoms with Crippen LogP contribution in [0.5, 0.6) is 0 Å². The molecule has 2 aromatic rings. The van der Waals surface area contributed by atoms with E-state index in [0.29, 0.717) is 17.4 Å². The Morgan fingerprint density at radius 2 is 1.85 bits per heavy atom. The van der Waals surface area contributed by atoms with Gasteiger partial charge >= 0.3 is 0 Å². The Kier molecular flexibility index (Phi) is 5.66. The number of fused-ring (bicyclic) bond motifs is 1. The molecule has 0 saturated carbocycles. The highest BCUT2D eigenvalue weighted by atomic mass is 32.2. The minimum absolute atomic E-state index is 0.394. The maximum absolute atomic E-state index is 12.7. The smallest absolute Gasteiger partial charge is 0.240 e. The standard InChI is InChI=1S/C21H28N2O3S/c24-27(25,21-8-7-18-4-1-2-5-19(18)14-21)22-15-17-9-11-23(12-10-17)16-20-6-3-13-26-20/h3,6-8,13-14,17,22H,1-2,4-5,9-12,15-16H2. The molecule has 0 unspecified atom stereocenters. The summed E-state index contributed by atoms with van der Waals surface area (Å²) in [7, 11) is -3.43. The number of aryl methyl sites for hydroxylation is 2. The first-order valence-electron chi connectivity index (χ1n) is 9.96. The average Bonchev–Trinajstić information content (AvgIpc) is 3.20. The van der Waals surface area contributed by atoms with Gasteiger partial charge < -0.3 is 4.42 Å². The van der Waals surface area contributed by atoms with Gasteiger partial charge in [0.1, 0.15) is 5.76 Å². The van der Waals surface area contributed by atoms with Crippen molar-refractivity contribution in [1.29, 1.82) is 0 Å². The summed E-state index contributed by atoms with van der Waals surface area (Å²) in [5.74, 6) is 1.38. The van der Waals surface area contributed by atoms with Gasteiger partial charge in [-0.3, -0.25) is 4.90 Å². The third kappa shape index (κ3) is 4.62. The Labute approximate surface area is 161 Å². The van der Waals surface area contributed by atoms with E-state index in [1.165, 1.54) is 17.5 Å². The average molecular weight is 389 g/mol. The van der Waals surface area contributed by atoms with Crippen LogP contribution in [0.4, 0.5) is 0 Å². The topological polar surface area (TPSA) is 62.6 Å². The molecule has 1 N–H and O–H groups in total. The highest BCUT2D eigenvalue weighted by Crippen LogP contribution is 2.24. The lowest BCUT2D eigenvalue weighted by Crippen LogP contribution is -2.38. The Hall–Kier alpha value is -1.63. The van der Waals surface area contributed by atoms with Crippen molar-refractivity contribution in [2.24, 2.45) is 5.92 Å². The quantitative estimate of drug-likeness (QED) is 0.824. The molecule has 6 heteroatoms. The van der Waals surface area contributed by atoms with Crippen molar-refractivity contribution in [1.82, 2.24) is 9.62 Å². The molecule has 0 bridgehead atoms. The number of sulfonamides is 1. The lowest BCUT2D eigenvalue weighted by atomic mass is 9.92. The van der Waals surface area contributed by atoms with Crippen molar-refractivity contribution in [2.45, 2.75) is 50.0 Å². The zero-order valence-corrected chi connectivity index (χ0v) is 16.5. The van der Waals surface area contributed by atoms with Gasteiger partial charge in [0.05, 0.1) is 17.7 Å². The van der Waals surface area contributed by atoms with Crippen LogP contribution in [0.25, 0.3) is 0 Å². The lowest BCUT2D eigenvalue weighted by molar-refractivity contribution is 0.168. The van der Waals surface area contributed by atoms with E-state index in [2.05, 4.69) is 9.62 Å². The van der Waals surface area contributed by atoms with Gasteiger partial charge in [-0.15, -0.1) is 0 Å². The second kappa shape index (κ2) is 8.17. The van der Waals surface area contributed by atoms with Crippen molar-refractivity contribution in [3.63, 3.8) is 0 Å². The third-order valence-electron chi connectivity index (χ3n) is 5.86. The van der Waals surface area contributed by atoms with Gasteiger partial charge in [0.25, 0.3) is 0 Å². The maximum atomic E-state index is 12.7. The fraction of sp³-hybridized carbons (Fsp3) is 0.524. The number of nitrogens with zero attached hydrogens (tertiary/aromatic N) is 1. The molecule has 1 aromatic carbocycles. The SMILES string of the molecule is O=S(=O)(NCC1CCN(Cc2ccco2)CC1)c1ccc2c(c1)CCCC2. The maximum Gasteiger partial charge on any atom is 0.240 e. The minimum Gasteiger partial charge on any atom is -0.468 e. The number of furan rings is 1. The van der Waals surface area contributed by atoms with Crippen LogP contribution in [0.15, 0.2) is 45.9 Å². The largest absolute Gasteiger partial charge is 0.468 e. The van der Waals surface area contributed by atoms with Crippen molar-refractivity contribution >= 4 is 10.0 Å². The predicted octanol–water partition coefficient (Wildman–Crippen LogP) is 3.35. The molecular weight excluding hydrogens is 360 g/mol. The van der Waals surface area contributed by atoms with E-state index in [1.807, 2.05) is 24.3 Å². The molecule has 5 nitrogen and oxygen atoms in total. The molecule has 0 radical (unpaired) electrons. The first kappa shape index (κ1) is 18.7. The number of hydrogen-bond donors (Lipinski definition) is 1. The van der Waals surface area contributed by atoms with Crippen LogP contribution in [0.1, 0.15) is 42.6 Å². The van der Waals surface area contributed by atoms with Gasteiger partial charge in [0, 0.05) is 6.54 Å². The normalized spacial score (nSPS) is 19.1. The first-order chi connectivity index (χ1) is 13.1. The Morgan fingerprint density at radius 3 is 2.59 bits per heavy atom. The zero-order valence-electron chi connectivity index (χ0n) is 15.7. The molecule has 27 heavy (non-hydrogen) atoms. The summed E-state index contributed by atoms with van der Waals surface area (Å²) >= 11 is 0. The van der Waals surface area contributed by atoms with Gasteiger partial charge in [-0.05, 0) is 92.9 Å². The monoisotopic (exact) mass is 388 g/mol.